The molecule has 0 fully saturated rings. The Hall–Kier alpha value is -2.84. The fourth-order valence-electron chi connectivity index (χ4n) is 1.94. The van der Waals surface area contributed by atoms with E-state index in [1.54, 1.807) is 24.4 Å². The first kappa shape index (κ1) is 13.2. The molecule has 0 atom stereocenters. The fourth-order valence-corrected chi connectivity index (χ4v) is 2.13. The molecule has 2 aromatic heterocycles. The van der Waals surface area contributed by atoms with Gasteiger partial charge >= 0.3 is 0 Å². The Morgan fingerprint density at radius 2 is 2.00 bits per heavy atom. The summed E-state index contributed by atoms with van der Waals surface area (Å²) in [7, 11) is 0. The van der Waals surface area contributed by atoms with Crippen molar-refractivity contribution in [3.63, 3.8) is 0 Å². The van der Waals surface area contributed by atoms with Crippen LogP contribution in [-0.2, 0) is 0 Å². The summed E-state index contributed by atoms with van der Waals surface area (Å²) in [6.07, 6.45) is 3.11. The Morgan fingerprint density at radius 3 is 2.81 bits per heavy atom. The van der Waals surface area contributed by atoms with Gasteiger partial charge in [-0.3, -0.25) is 4.98 Å². The molecule has 0 saturated carbocycles. The summed E-state index contributed by atoms with van der Waals surface area (Å²) >= 11 is 6.09. The van der Waals surface area contributed by atoms with E-state index in [0.29, 0.717) is 22.5 Å². The third kappa shape index (κ3) is 2.33. The monoisotopic (exact) mass is 296 g/mol. The minimum Gasteiger partial charge on any atom is -0.435 e. The number of nitriles is 1. The molecular weight excluding hydrogens is 288 g/mol. The van der Waals surface area contributed by atoms with Crippen LogP contribution in [0.2, 0.25) is 5.02 Å². The number of hydrogen-bond acceptors (Lipinski definition) is 5. The summed E-state index contributed by atoms with van der Waals surface area (Å²) in [5.74, 6) is 0.636. The van der Waals surface area contributed by atoms with Crippen LogP contribution in [0.3, 0.4) is 0 Å². The Morgan fingerprint density at radius 1 is 1.14 bits per heavy atom. The van der Waals surface area contributed by atoms with Crippen molar-refractivity contribution in [1.29, 1.82) is 5.26 Å². The predicted molar refractivity (Wildman–Crippen MR) is 80.2 cm³/mol. The average molecular weight is 297 g/mol. The molecule has 0 amide bonds. The smallest absolute Gasteiger partial charge is 0.239 e. The molecule has 5 nitrogen and oxygen atoms in total. The van der Waals surface area contributed by atoms with E-state index in [2.05, 4.69) is 9.97 Å². The minimum atomic E-state index is 0.160. The van der Waals surface area contributed by atoms with Gasteiger partial charge in [-0.15, -0.1) is 0 Å². The molecule has 21 heavy (non-hydrogen) atoms. The minimum absolute atomic E-state index is 0.160. The summed E-state index contributed by atoms with van der Waals surface area (Å²) in [4.78, 5) is 8.32. The number of nitrogens with two attached hydrogens (primary N) is 1. The van der Waals surface area contributed by atoms with Crippen LogP contribution in [0.5, 0.6) is 11.6 Å². The SMILES string of the molecule is N#Cc1ccnc(Oc2ccc(N)c3cccnc23)c1Cl. The van der Waals surface area contributed by atoms with E-state index < -0.39 is 0 Å². The second-order valence-electron chi connectivity index (χ2n) is 4.24. The number of benzene rings is 1. The lowest BCUT2D eigenvalue weighted by Crippen LogP contribution is -1.95. The van der Waals surface area contributed by atoms with E-state index in [1.807, 2.05) is 12.1 Å². The van der Waals surface area contributed by atoms with Crippen LogP contribution in [0, 0.1) is 11.3 Å². The van der Waals surface area contributed by atoms with Gasteiger partial charge in [-0.25, -0.2) is 4.98 Å². The van der Waals surface area contributed by atoms with E-state index in [4.69, 9.17) is 27.3 Å². The first-order chi connectivity index (χ1) is 10.2. The number of nitrogen functional groups attached to an aromatic ring is 1. The van der Waals surface area contributed by atoms with Crippen molar-refractivity contribution in [3.05, 3.63) is 53.3 Å². The first-order valence-electron chi connectivity index (χ1n) is 6.06. The van der Waals surface area contributed by atoms with Crippen LogP contribution in [0.25, 0.3) is 10.9 Å². The highest BCUT2D eigenvalue weighted by molar-refractivity contribution is 6.33. The van der Waals surface area contributed by atoms with Gasteiger partial charge in [0.2, 0.25) is 5.88 Å². The van der Waals surface area contributed by atoms with E-state index in [-0.39, 0.29) is 10.9 Å². The van der Waals surface area contributed by atoms with E-state index in [1.165, 1.54) is 12.3 Å². The molecule has 0 aliphatic heterocycles. The van der Waals surface area contributed by atoms with Gasteiger partial charge < -0.3 is 10.5 Å². The van der Waals surface area contributed by atoms with Crippen LogP contribution in [0.1, 0.15) is 5.56 Å². The second kappa shape index (κ2) is 5.27. The standard InChI is InChI=1S/C15H9ClN4O/c16-13-9(8-17)5-7-20-15(13)21-12-4-3-11(18)10-2-1-6-19-14(10)12/h1-7H,18H2. The largest absolute Gasteiger partial charge is 0.435 e. The quantitative estimate of drug-likeness (QED) is 0.731. The summed E-state index contributed by atoms with van der Waals surface area (Å²) in [6.45, 7) is 0. The van der Waals surface area contributed by atoms with Crippen molar-refractivity contribution in [2.45, 2.75) is 0 Å². The molecule has 102 valence electrons. The topological polar surface area (TPSA) is 84.8 Å². The van der Waals surface area contributed by atoms with Crippen LogP contribution in [-0.4, -0.2) is 9.97 Å². The second-order valence-corrected chi connectivity index (χ2v) is 4.62. The number of rotatable bonds is 2. The Labute approximate surface area is 125 Å². The fraction of sp³-hybridized carbons (Fsp3) is 0. The number of fused-ring (bicyclic) bond motifs is 1. The average Bonchev–Trinajstić information content (AvgIpc) is 2.52. The Bertz CT molecular complexity index is 873. The van der Waals surface area contributed by atoms with Gasteiger partial charge in [-0.05, 0) is 30.3 Å². The highest BCUT2D eigenvalue weighted by Gasteiger charge is 2.12. The maximum absolute atomic E-state index is 8.97. The van der Waals surface area contributed by atoms with Gasteiger partial charge in [0.05, 0.1) is 5.56 Å². The van der Waals surface area contributed by atoms with Gasteiger partial charge in [0, 0.05) is 23.5 Å². The summed E-state index contributed by atoms with van der Waals surface area (Å²) in [5, 5.41) is 9.92. The van der Waals surface area contributed by atoms with Crippen molar-refractivity contribution < 1.29 is 4.74 Å². The Balaban J connectivity index is 2.12. The highest BCUT2D eigenvalue weighted by Crippen LogP contribution is 2.34. The van der Waals surface area contributed by atoms with Crippen molar-refractivity contribution in [3.8, 4) is 17.7 Å². The van der Waals surface area contributed by atoms with E-state index in [0.717, 1.165) is 5.39 Å². The third-order valence-electron chi connectivity index (χ3n) is 2.95. The van der Waals surface area contributed by atoms with Crippen molar-refractivity contribution in [2.24, 2.45) is 0 Å². The molecule has 0 aliphatic carbocycles. The number of aromatic nitrogens is 2. The molecule has 0 saturated heterocycles. The summed E-state index contributed by atoms with van der Waals surface area (Å²) in [6, 6.07) is 10.6. The lowest BCUT2D eigenvalue weighted by molar-refractivity contribution is 0.467. The van der Waals surface area contributed by atoms with E-state index in [9.17, 15) is 0 Å². The Kier molecular flexibility index (Phi) is 3.30. The molecule has 0 aliphatic rings. The van der Waals surface area contributed by atoms with E-state index >= 15 is 0 Å². The molecule has 2 N–H and O–H groups in total. The number of pyridine rings is 2. The lowest BCUT2D eigenvalue weighted by atomic mass is 10.1. The van der Waals surface area contributed by atoms with Crippen LogP contribution < -0.4 is 10.5 Å². The molecule has 1 aromatic carbocycles. The molecular formula is C15H9ClN4O. The van der Waals surface area contributed by atoms with Gasteiger partial charge in [0.15, 0.2) is 5.75 Å². The molecule has 3 rings (SSSR count). The molecule has 0 spiro atoms. The lowest BCUT2D eigenvalue weighted by Gasteiger charge is -2.10. The van der Waals surface area contributed by atoms with Gasteiger partial charge in [-0.2, -0.15) is 5.26 Å². The maximum Gasteiger partial charge on any atom is 0.239 e. The first-order valence-corrected chi connectivity index (χ1v) is 6.44. The number of anilines is 1. The third-order valence-corrected chi connectivity index (χ3v) is 3.32. The van der Waals surface area contributed by atoms with Crippen molar-refractivity contribution in [2.75, 3.05) is 5.73 Å². The number of nitrogens with zero attached hydrogens (tertiary/aromatic N) is 3. The van der Waals surface area contributed by atoms with Crippen molar-refractivity contribution in [1.82, 2.24) is 9.97 Å². The normalized spacial score (nSPS) is 10.3. The molecule has 2 heterocycles. The zero-order valence-corrected chi connectivity index (χ0v) is 11.5. The van der Waals surface area contributed by atoms with Gasteiger partial charge in [0.25, 0.3) is 0 Å². The van der Waals surface area contributed by atoms with Crippen LogP contribution in [0.15, 0.2) is 42.7 Å². The molecule has 0 radical (unpaired) electrons. The zero-order chi connectivity index (χ0) is 14.8. The molecule has 0 unspecified atom stereocenters. The predicted octanol–water partition coefficient (Wildman–Crippen LogP) is 3.53. The van der Waals surface area contributed by atoms with Gasteiger partial charge in [-0.1, -0.05) is 11.6 Å². The van der Waals surface area contributed by atoms with Crippen molar-refractivity contribution >= 4 is 28.2 Å². The molecule has 6 heteroatoms. The van der Waals surface area contributed by atoms with Gasteiger partial charge in [0.1, 0.15) is 16.6 Å². The number of hydrogen-bond donors (Lipinski definition) is 1. The number of halogens is 1. The molecule has 3 aromatic rings. The highest BCUT2D eigenvalue weighted by atomic mass is 35.5. The summed E-state index contributed by atoms with van der Waals surface area (Å²) in [5.41, 5.74) is 7.43. The number of ether oxygens (including phenoxy) is 1. The van der Waals surface area contributed by atoms with Crippen LogP contribution >= 0.6 is 11.6 Å². The van der Waals surface area contributed by atoms with Crippen LogP contribution in [0.4, 0.5) is 5.69 Å². The maximum atomic E-state index is 8.97. The zero-order valence-electron chi connectivity index (χ0n) is 10.7. The molecule has 0 bridgehead atoms. The summed E-state index contributed by atoms with van der Waals surface area (Å²) < 4.78 is 5.71.